The highest BCUT2D eigenvalue weighted by atomic mass is 15.3. The van der Waals surface area contributed by atoms with Crippen LogP contribution in [0.1, 0.15) is 32.6 Å². The molecule has 1 aromatic heterocycles. The van der Waals surface area contributed by atoms with Gasteiger partial charge in [-0.05, 0) is 37.7 Å². The Hall–Kier alpha value is -1.32. The molecule has 0 spiro atoms. The Kier molecular flexibility index (Phi) is 3.27. The first-order valence-corrected chi connectivity index (χ1v) is 5.98. The van der Waals surface area contributed by atoms with E-state index in [0.29, 0.717) is 11.9 Å². The molecule has 0 radical (unpaired) electrons. The maximum absolute atomic E-state index is 5.67. The average Bonchev–Trinajstić information content (AvgIpc) is 2.29. The van der Waals surface area contributed by atoms with E-state index in [2.05, 4.69) is 28.8 Å². The minimum atomic E-state index is 0.543. The van der Waals surface area contributed by atoms with Crippen LogP contribution < -0.4 is 10.6 Å². The molecule has 0 atom stereocenters. The molecule has 1 aromatic rings. The van der Waals surface area contributed by atoms with Crippen LogP contribution in [0.15, 0.2) is 12.3 Å². The number of nitrogens with zero attached hydrogens (tertiary/aromatic N) is 3. The van der Waals surface area contributed by atoms with E-state index in [-0.39, 0.29) is 0 Å². The van der Waals surface area contributed by atoms with Gasteiger partial charge in [-0.25, -0.2) is 4.98 Å². The fraction of sp³-hybridized carbons (Fsp3) is 0.667. The predicted octanol–water partition coefficient (Wildman–Crippen LogP) is 2.07. The van der Waals surface area contributed by atoms with Crippen molar-refractivity contribution >= 4 is 11.8 Å². The van der Waals surface area contributed by atoms with Crippen LogP contribution in [0.5, 0.6) is 0 Å². The quantitative estimate of drug-likeness (QED) is 0.829. The molecule has 2 N–H and O–H groups in total. The molecular weight excluding hydrogens is 200 g/mol. The third kappa shape index (κ3) is 2.43. The van der Waals surface area contributed by atoms with Crippen LogP contribution in [0.25, 0.3) is 0 Å². The second kappa shape index (κ2) is 4.68. The zero-order valence-electron chi connectivity index (χ0n) is 10.1. The number of nitrogens with two attached hydrogens (primary N) is 1. The summed E-state index contributed by atoms with van der Waals surface area (Å²) in [4.78, 5) is 10.7. The second-order valence-electron chi connectivity index (χ2n) is 4.81. The topological polar surface area (TPSA) is 55.0 Å². The highest BCUT2D eigenvalue weighted by Crippen LogP contribution is 2.27. The van der Waals surface area contributed by atoms with E-state index in [1.165, 1.54) is 25.7 Å². The first kappa shape index (κ1) is 11.2. The van der Waals surface area contributed by atoms with E-state index in [1.54, 1.807) is 12.3 Å². The minimum absolute atomic E-state index is 0.543. The molecule has 4 nitrogen and oxygen atoms in total. The highest BCUT2D eigenvalue weighted by Gasteiger charge is 2.23. The molecule has 2 rings (SSSR count). The molecule has 1 saturated carbocycles. The van der Waals surface area contributed by atoms with Crippen molar-refractivity contribution in [1.29, 1.82) is 0 Å². The van der Waals surface area contributed by atoms with Crippen LogP contribution in [0.2, 0.25) is 0 Å². The molecule has 1 heterocycles. The molecule has 0 bridgehead atoms. The summed E-state index contributed by atoms with van der Waals surface area (Å²) in [6.45, 7) is 2.33. The zero-order valence-corrected chi connectivity index (χ0v) is 10.1. The average molecular weight is 220 g/mol. The Labute approximate surface area is 96.9 Å². The van der Waals surface area contributed by atoms with E-state index < -0.39 is 0 Å². The van der Waals surface area contributed by atoms with Gasteiger partial charge in [0.2, 0.25) is 5.95 Å². The van der Waals surface area contributed by atoms with Gasteiger partial charge in [-0.2, -0.15) is 4.98 Å². The summed E-state index contributed by atoms with van der Waals surface area (Å²) in [6, 6.07) is 2.29. The molecule has 1 aliphatic rings. The Morgan fingerprint density at radius 1 is 1.31 bits per heavy atom. The maximum Gasteiger partial charge on any atom is 0.227 e. The van der Waals surface area contributed by atoms with Gasteiger partial charge in [0.1, 0.15) is 5.82 Å². The van der Waals surface area contributed by atoms with Crippen molar-refractivity contribution in [3.05, 3.63) is 12.3 Å². The summed E-state index contributed by atoms with van der Waals surface area (Å²) in [6.07, 6.45) is 6.79. The summed E-state index contributed by atoms with van der Waals surface area (Å²) < 4.78 is 0. The van der Waals surface area contributed by atoms with Gasteiger partial charge in [-0.3, -0.25) is 0 Å². The van der Waals surface area contributed by atoms with Crippen LogP contribution in [0.3, 0.4) is 0 Å². The Balaban J connectivity index is 2.04. The van der Waals surface area contributed by atoms with E-state index in [0.717, 1.165) is 11.9 Å². The van der Waals surface area contributed by atoms with Crippen molar-refractivity contribution in [2.24, 2.45) is 5.92 Å². The first-order valence-electron chi connectivity index (χ1n) is 5.98. The van der Waals surface area contributed by atoms with Crippen molar-refractivity contribution in [3.8, 4) is 0 Å². The van der Waals surface area contributed by atoms with Gasteiger partial charge in [-0.15, -0.1) is 0 Å². The monoisotopic (exact) mass is 220 g/mol. The summed E-state index contributed by atoms with van der Waals surface area (Å²) in [5.74, 6) is 2.16. The van der Waals surface area contributed by atoms with Crippen molar-refractivity contribution in [2.75, 3.05) is 17.7 Å². The Bertz CT molecular complexity index is 345. The predicted molar refractivity (Wildman–Crippen MR) is 66.3 cm³/mol. The van der Waals surface area contributed by atoms with Gasteiger partial charge in [0.05, 0.1) is 0 Å². The largest absolute Gasteiger partial charge is 0.384 e. The highest BCUT2D eigenvalue weighted by molar-refractivity contribution is 5.37. The van der Waals surface area contributed by atoms with Crippen LogP contribution in [0.4, 0.5) is 11.8 Å². The van der Waals surface area contributed by atoms with Crippen LogP contribution in [-0.2, 0) is 0 Å². The van der Waals surface area contributed by atoms with Crippen molar-refractivity contribution in [2.45, 2.75) is 38.6 Å². The SMILES string of the molecule is CC1CCC(N(C)c2nccc(N)n2)CC1. The molecule has 0 aromatic carbocycles. The van der Waals surface area contributed by atoms with E-state index in [9.17, 15) is 0 Å². The number of anilines is 2. The summed E-state index contributed by atoms with van der Waals surface area (Å²) in [7, 11) is 2.06. The Morgan fingerprint density at radius 3 is 2.62 bits per heavy atom. The van der Waals surface area contributed by atoms with Gasteiger partial charge < -0.3 is 10.6 Å². The molecule has 0 amide bonds. The smallest absolute Gasteiger partial charge is 0.227 e. The van der Waals surface area contributed by atoms with E-state index in [1.807, 2.05) is 0 Å². The minimum Gasteiger partial charge on any atom is -0.384 e. The van der Waals surface area contributed by atoms with Gasteiger partial charge in [0, 0.05) is 19.3 Å². The fourth-order valence-electron chi connectivity index (χ4n) is 2.32. The lowest BCUT2D eigenvalue weighted by Gasteiger charge is -2.33. The molecule has 16 heavy (non-hydrogen) atoms. The third-order valence-electron chi connectivity index (χ3n) is 3.51. The lowest BCUT2D eigenvalue weighted by Crippen LogP contribution is -2.36. The van der Waals surface area contributed by atoms with Gasteiger partial charge in [0.25, 0.3) is 0 Å². The maximum atomic E-state index is 5.67. The number of rotatable bonds is 2. The third-order valence-corrected chi connectivity index (χ3v) is 3.51. The summed E-state index contributed by atoms with van der Waals surface area (Å²) in [5, 5.41) is 0. The lowest BCUT2D eigenvalue weighted by molar-refractivity contribution is 0.339. The molecule has 0 aliphatic heterocycles. The Morgan fingerprint density at radius 2 is 2.00 bits per heavy atom. The molecular formula is C12H20N4. The normalized spacial score (nSPS) is 25.4. The fourth-order valence-corrected chi connectivity index (χ4v) is 2.32. The molecule has 1 aliphatic carbocycles. The second-order valence-corrected chi connectivity index (χ2v) is 4.81. The number of hydrogen-bond donors (Lipinski definition) is 1. The van der Waals surface area contributed by atoms with E-state index in [4.69, 9.17) is 5.73 Å². The van der Waals surface area contributed by atoms with Crippen molar-refractivity contribution in [1.82, 2.24) is 9.97 Å². The van der Waals surface area contributed by atoms with Crippen LogP contribution >= 0.6 is 0 Å². The van der Waals surface area contributed by atoms with Gasteiger partial charge in [-0.1, -0.05) is 6.92 Å². The van der Waals surface area contributed by atoms with E-state index >= 15 is 0 Å². The molecule has 0 unspecified atom stereocenters. The summed E-state index contributed by atoms with van der Waals surface area (Å²) >= 11 is 0. The molecule has 88 valence electrons. The summed E-state index contributed by atoms with van der Waals surface area (Å²) in [5.41, 5.74) is 5.67. The first-order chi connectivity index (χ1) is 7.66. The zero-order chi connectivity index (χ0) is 11.5. The van der Waals surface area contributed by atoms with Crippen LogP contribution in [-0.4, -0.2) is 23.1 Å². The van der Waals surface area contributed by atoms with Crippen LogP contribution in [0, 0.1) is 5.92 Å². The molecule has 4 heteroatoms. The number of aromatic nitrogens is 2. The lowest BCUT2D eigenvalue weighted by atomic mass is 9.87. The van der Waals surface area contributed by atoms with Crippen molar-refractivity contribution < 1.29 is 0 Å². The van der Waals surface area contributed by atoms with Gasteiger partial charge in [0.15, 0.2) is 0 Å². The molecule has 1 fully saturated rings. The number of nitrogen functional groups attached to an aromatic ring is 1. The van der Waals surface area contributed by atoms with Crippen molar-refractivity contribution in [3.63, 3.8) is 0 Å². The molecule has 0 saturated heterocycles. The number of hydrogen-bond acceptors (Lipinski definition) is 4. The standard InChI is InChI=1S/C12H20N4/c1-9-3-5-10(6-4-9)16(2)12-14-8-7-11(13)15-12/h7-10H,3-6H2,1-2H3,(H2,13,14,15). The van der Waals surface area contributed by atoms with Gasteiger partial charge >= 0.3 is 0 Å².